The summed E-state index contributed by atoms with van der Waals surface area (Å²) >= 11 is 0. The molecule has 0 radical (unpaired) electrons. The zero-order chi connectivity index (χ0) is 20.9. The van der Waals surface area contributed by atoms with Crippen LogP contribution in [0.3, 0.4) is 0 Å². The number of morpholine rings is 1. The van der Waals surface area contributed by atoms with E-state index in [2.05, 4.69) is 10.2 Å². The fourth-order valence-corrected chi connectivity index (χ4v) is 3.40. The molecule has 1 aromatic heterocycles. The molecule has 150 valence electrons. The van der Waals surface area contributed by atoms with Crippen LogP contribution in [-0.2, 0) is 9.53 Å². The molecule has 1 aliphatic heterocycles. The molecule has 3 aromatic rings. The topological polar surface area (TPSA) is 78.2 Å². The maximum absolute atomic E-state index is 12.7. The van der Waals surface area contributed by atoms with Crippen LogP contribution in [0, 0.1) is 18.3 Å². The van der Waals surface area contributed by atoms with Gasteiger partial charge in [-0.2, -0.15) is 5.26 Å². The van der Waals surface area contributed by atoms with Crippen LogP contribution in [0.5, 0.6) is 0 Å². The molecule has 1 aliphatic rings. The lowest BCUT2D eigenvalue weighted by Gasteiger charge is -2.29. The van der Waals surface area contributed by atoms with Crippen molar-refractivity contribution in [3.63, 3.8) is 0 Å². The van der Waals surface area contributed by atoms with Gasteiger partial charge < -0.3 is 15.0 Å². The van der Waals surface area contributed by atoms with Gasteiger partial charge in [0, 0.05) is 29.7 Å². The lowest BCUT2D eigenvalue weighted by Crippen LogP contribution is -2.37. The van der Waals surface area contributed by atoms with Crippen LogP contribution in [0.4, 0.5) is 11.5 Å². The number of nitriles is 1. The zero-order valence-corrected chi connectivity index (χ0v) is 16.8. The molecule has 0 bridgehead atoms. The Labute approximate surface area is 175 Å². The number of rotatable bonds is 4. The van der Waals surface area contributed by atoms with E-state index in [1.807, 2.05) is 67.6 Å². The number of pyridine rings is 1. The first kappa shape index (κ1) is 19.6. The van der Waals surface area contributed by atoms with Crippen molar-refractivity contribution in [3.05, 3.63) is 71.3 Å². The third-order valence-electron chi connectivity index (χ3n) is 5.02. The van der Waals surface area contributed by atoms with Gasteiger partial charge in [-0.1, -0.05) is 35.9 Å². The summed E-state index contributed by atoms with van der Waals surface area (Å²) in [5.41, 5.74) is 3.39. The van der Waals surface area contributed by atoms with Crippen molar-refractivity contribution in [1.29, 1.82) is 5.26 Å². The highest BCUT2D eigenvalue weighted by Crippen LogP contribution is 2.27. The number of carbonyl (C=O) groups is 1. The Bertz CT molecular complexity index is 1140. The average Bonchev–Trinajstić information content (AvgIpc) is 2.79. The van der Waals surface area contributed by atoms with Crippen molar-refractivity contribution in [1.82, 2.24) is 4.98 Å². The number of anilines is 2. The molecule has 2 aromatic carbocycles. The van der Waals surface area contributed by atoms with Crippen LogP contribution in [0.25, 0.3) is 17.0 Å². The van der Waals surface area contributed by atoms with Gasteiger partial charge in [-0.25, -0.2) is 4.98 Å². The largest absolute Gasteiger partial charge is 0.378 e. The number of hydrogen-bond donors (Lipinski definition) is 1. The number of ether oxygens (including phenoxy) is 1. The van der Waals surface area contributed by atoms with Gasteiger partial charge >= 0.3 is 0 Å². The van der Waals surface area contributed by atoms with Crippen LogP contribution >= 0.6 is 0 Å². The van der Waals surface area contributed by atoms with Gasteiger partial charge in [0.15, 0.2) is 0 Å². The van der Waals surface area contributed by atoms with Crippen molar-refractivity contribution < 1.29 is 9.53 Å². The van der Waals surface area contributed by atoms with Crippen molar-refractivity contribution in [2.75, 3.05) is 36.5 Å². The van der Waals surface area contributed by atoms with E-state index in [0.29, 0.717) is 32.0 Å². The highest BCUT2D eigenvalue weighted by atomic mass is 16.5. The number of fused-ring (bicyclic) bond motifs is 1. The third kappa shape index (κ3) is 4.32. The van der Waals surface area contributed by atoms with Gasteiger partial charge in [0.2, 0.25) is 0 Å². The number of benzene rings is 2. The standard InChI is InChI=1S/C24H22N4O2/c1-17-6-8-21(9-7-17)26-24(29)20(16-25)15-19-14-18-4-2-3-5-22(18)27-23(19)28-10-12-30-13-11-28/h2-9,14-15H,10-13H2,1H3,(H,26,29). The van der Waals surface area contributed by atoms with Gasteiger partial charge in [0.05, 0.1) is 18.7 Å². The molecule has 6 nitrogen and oxygen atoms in total. The molecule has 1 amide bonds. The van der Waals surface area contributed by atoms with Gasteiger partial charge in [0.1, 0.15) is 17.5 Å². The Morgan fingerprint density at radius 2 is 1.90 bits per heavy atom. The summed E-state index contributed by atoms with van der Waals surface area (Å²) in [6.45, 7) is 4.65. The minimum absolute atomic E-state index is 0.0298. The quantitative estimate of drug-likeness (QED) is 0.532. The lowest BCUT2D eigenvalue weighted by atomic mass is 10.1. The molecule has 2 heterocycles. The molecule has 1 fully saturated rings. The lowest BCUT2D eigenvalue weighted by molar-refractivity contribution is -0.112. The van der Waals surface area contributed by atoms with Crippen molar-refractivity contribution in [3.8, 4) is 6.07 Å². The molecule has 0 atom stereocenters. The number of amides is 1. The van der Waals surface area contributed by atoms with E-state index in [1.54, 1.807) is 6.08 Å². The number of aromatic nitrogens is 1. The number of nitrogens with zero attached hydrogens (tertiary/aromatic N) is 3. The summed E-state index contributed by atoms with van der Waals surface area (Å²) < 4.78 is 5.46. The highest BCUT2D eigenvalue weighted by molar-refractivity contribution is 6.10. The summed E-state index contributed by atoms with van der Waals surface area (Å²) in [5.74, 6) is 0.315. The van der Waals surface area contributed by atoms with Crippen LogP contribution in [0.2, 0.25) is 0 Å². The van der Waals surface area contributed by atoms with Crippen molar-refractivity contribution in [2.45, 2.75) is 6.92 Å². The van der Waals surface area contributed by atoms with Crippen LogP contribution in [0.1, 0.15) is 11.1 Å². The van der Waals surface area contributed by atoms with E-state index >= 15 is 0 Å². The predicted octanol–water partition coefficient (Wildman–Crippen LogP) is 3.93. The second kappa shape index (κ2) is 8.76. The molecule has 1 saturated heterocycles. The maximum atomic E-state index is 12.7. The third-order valence-corrected chi connectivity index (χ3v) is 5.02. The summed E-state index contributed by atoms with van der Waals surface area (Å²) in [6.07, 6.45) is 1.62. The number of carbonyl (C=O) groups excluding carboxylic acids is 1. The van der Waals surface area contributed by atoms with Crippen molar-refractivity contribution >= 4 is 34.4 Å². The fraction of sp³-hybridized carbons (Fsp3) is 0.208. The van der Waals surface area contributed by atoms with Gasteiger partial charge in [-0.15, -0.1) is 0 Å². The first-order valence-corrected chi connectivity index (χ1v) is 9.86. The number of nitrogens with one attached hydrogen (secondary N) is 1. The van der Waals surface area contributed by atoms with E-state index in [4.69, 9.17) is 9.72 Å². The molecule has 0 saturated carbocycles. The minimum Gasteiger partial charge on any atom is -0.378 e. The van der Waals surface area contributed by atoms with Crippen LogP contribution in [0.15, 0.2) is 60.2 Å². The van der Waals surface area contributed by atoms with Crippen LogP contribution < -0.4 is 10.2 Å². The Hall–Kier alpha value is -3.69. The highest BCUT2D eigenvalue weighted by Gasteiger charge is 2.18. The van der Waals surface area contributed by atoms with E-state index in [0.717, 1.165) is 27.8 Å². The van der Waals surface area contributed by atoms with Crippen molar-refractivity contribution in [2.24, 2.45) is 0 Å². The second-order valence-corrected chi connectivity index (χ2v) is 7.18. The molecular weight excluding hydrogens is 376 g/mol. The number of para-hydroxylation sites is 1. The maximum Gasteiger partial charge on any atom is 0.266 e. The molecule has 1 N–H and O–H groups in total. The van der Waals surface area contributed by atoms with Crippen LogP contribution in [-0.4, -0.2) is 37.2 Å². The average molecular weight is 398 g/mol. The number of aryl methyl sites for hydroxylation is 1. The SMILES string of the molecule is Cc1ccc(NC(=O)C(C#N)=Cc2cc3ccccc3nc2N2CCOCC2)cc1. The molecule has 0 unspecified atom stereocenters. The summed E-state index contributed by atoms with van der Waals surface area (Å²) in [5, 5.41) is 13.4. The van der Waals surface area contributed by atoms with Gasteiger partial charge in [-0.05, 0) is 37.3 Å². The zero-order valence-electron chi connectivity index (χ0n) is 16.8. The summed E-state index contributed by atoms with van der Waals surface area (Å²) in [7, 11) is 0. The first-order chi connectivity index (χ1) is 14.6. The molecule has 30 heavy (non-hydrogen) atoms. The van der Waals surface area contributed by atoms with E-state index in [-0.39, 0.29) is 5.57 Å². The molecule has 0 aliphatic carbocycles. The van der Waals surface area contributed by atoms with E-state index < -0.39 is 5.91 Å². The monoisotopic (exact) mass is 398 g/mol. The van der Waals surface area contributed by atoms with Gasteiger partial charge in [-0.3, -0.25) is 4.79 Å². The molecule has 0 spiro atoms. The smallest absolute Gasteiger partial charge is 0.266 e. The normalized spacial score (nSPS) is 14.4. The Morgan fingerprint density at radius 1 is 1.17 bits per heavy atom. The fourth-order valence-electron chi connectivity index (χ4n) is 3.40. The molecule has 4 rings (SSSR count). The number of hydrogen-bond acceptors (Lipinski definition) is 5. The van der Waals surface area contributed by atoms with E-state index in [9.17, 15) is 10.1 Å². The Balaban J connectivity index is 1.71. The molecule has 6 heteroatoms. The Morgan fingerprint density at radius 3 is 2.63 bits per heavy atom. The van der Waals surface area contributed by atoms with Gasteiger partial charge in [0.25, 0.3) is 5.91 Å². The minimum atomic E-state index is -0.442. The summed E-state index contributed by atoms with van der Waals surface area (Å²) in [6, 6.07) is 19.3. The molecular formula is C24H22N4O2. The Kier molecular flexibility index (Phi) is 5.73. The second-order valence-electron chi connectivity index (χ2n) is 7.18. The first-order valence-electron chi connectivity index (χ1n) is 9.86. The predicted molar refractivity (Wildman–Crippen MR) is 118 cm³/mol. The summed E-state index contributed by atoms with van der Waals surface area (Å²) in [4.78, 5) is 19.7. The van der Waals surface area contributed by atoms with E-state index in [1.165, 1.54) is 0 Å².